The molecule has 11 heavy (non-hydrogen) atoms. The molecule has 0 bridgehead atoms. The van der Waals surface area contributed by atoms with Gasteiger partial charge >= 0.3 is 58.2 Å². The molecule has 0 radical (unpaired) electrons. The van der Waals surface area contributed by atoms with Crippen LogP contribution < -0.4 is 62.9 Å². The summed E-state index contributed by atoms with van der Waals surface area (Å²) in [5, 5.41) is 4.27. The molecule has 1 aromatic rings. The maximum atomic E-state index is 5.33. The average Bonchev–Trinajstić information content (AvgIpc) is 2.05. The van der Waals surface area contributed by atoms with E-state index in [0.717, 1.165) is 24.6 Å². The van der Waals surface area contributed by atoms with E-state index in [1.807, 2.05) is 24.3 Å². The van der Waals surface area contributed by atoms with Crippen LogP contribution in [0.1, 0.15) is 0 Å². The summed E-state index contributed by atoms with van der Waals surface area (Å²) in [5.74, 6) is 0.911. The van der Waals surface area contributed by atoms with Crippen LogP contribution in [0.5, 0.6) is 5.75 Å². The van der Waals surface area contributed by atoms with Gasteiger partial charge in [0.1, 0.15) is 5.75 Å². The van der Waals surface area contributed by atoms with Gasteiger partial charge in [0.15, 0.2) is 0 Å². The Hall–Kier alpha value is 0.625. The van der Waals surface area contributed by atoms with Crippen LogP contribution in [0.3, 0.4) is 0 Å². The van der Waals surface area contributed by atoms with E-state index in [1.165, 1.54) is 0 Å². The maximum absolute atomic E-state index is 5.33. The minimum absolute atomic E-state index is 0. The van der Waals surface area contributed by atoms with Gasteiger partial charge in [0.2, 0.25) is 0 Å². The molecule has 52 valence electrons. The number of hydrogen-bond donors (Lipinski definition) is 0. The number of fused-ring (bicyclic) bond motifs is 1. The Morgan fingerprint density at radius 3 is 2.91 bits per heavy atom. The molecule has 0 aromatic heterocycles. The van der Waals surface area contributed by atoms with E-state index >= 15 is 0 Å². The quantitative estimate of drug-likeness (QED) is 0.554. The molecule has 0 saturated carbocycles. The summed E-state index contributed by atoms with van der Waals surface area (Å²) in [7, 11) is 0. The molecule has 0 N–H and O–H groups in total. The van der Waals surface area contributed by atoms with Crippen LogP contribution in [-0.2, 0) is 0 Å². The molecular weight excluding hydrogens is 212 g/mol. The van der Waals surface area contributed by atoms with Gasteiger partial charge in [0.25, 0.3) is 0 Å². The van der Waals surface area contributed by atoms with Crippen molar-refractivity contribution >= 4 is 5.69 Å². The van der Waals surface area contributed by atoms with E-state index in [-0.39, 0.29) is 58.2 Å². The zero-order chi connectivity index (χ0) is 6.81. The van der Waals surface area contributed by atoms with E-state index in [4.69, 9.17) is 4.74 Å². The molecule has 1 aliphatic heterocycles. The molecule has 1 aromatic carbocycles. The maximum Gasteiger partial charge on any atom is 1.00 e. The van der Waals surface area contributed by atoms with Crippen molar-refractivity contribution in [3.63, 3.8) is 0 Å². The Balaban J connectivity index is 0.000000605. The third-order valence-corrected chi connectivity index (χ3v) is 1.50. The Bertz CT molecular complexity index is 214. The molecule has 0 unspecified atom stereocenters. The van der Waals surface area contributed by atoms with Crippen LogP contribution in [-0.4, -0.2) is 13.2 Å². The van der Waals surface area contributed by atoms with Gasteiger partial charge in [-0.2, -0.15) is 0 Å². The second kappa shape index (κ2) is 4.60. The summed E-state index contributed by atoms with van der Waals surface area (Å²) in [6.45, 7) is 1.51. The summed E-state index contributed by atoms with van der Waals surface area (Å²) < 4.78 is 5.33. The standard InChI is InChI=1S/C8H8NO.Rb/c1-2-4-8-7(3-1)9-5-6-10-8;/h1-4H,5-6H2;/q-1;+1. The Labute approximate surface area is 115 Å². The van der Waals surface area contributed by atoms with E-state index < -0.39 is 0 Å². The minimum Gasteiger partial charge on any atom is -0.679 e. The predicted molar refractivity (Wildman–Crippen MR) is 39.8 cm³/mol. The SMILES string of the molecule is [Rb+].c1ccc2c(c1)[N-]CCO2. The fraction of sp³-hybridized carbons (Fsp3) is 0.250. The van der Waals surface area contributed by atoms with Crippen LogP contribution >= 0.6 is 0 Å². The number of rotatable bonds is 0. The van der Waals surface area contributed by atoms with Gasteiger partial charge in [-0.25, -0.2) is 0 Å². The number of ether oxygens (including phenoxy) is 1. The molecule has 3 heteroatoms. The molecule has 0 atom stereocenters. The molecule has 0 amide bonds. The van der Waals surface area contributed by atoms with Gasteiger partial charge in [-0.15, -0.1) is 0 Å². The van der Waals surface area contributed by atoms with Gasteiger partial charge in [-0.3, -0.25) is 0 Å². The fourth-order valence-electron chi connectivity index (χ4n) is 1.03. The van der Waals surface area contributed by atoms with Crippen molar-refractivity contribution in [3.05, 3.63) is 29.6 Å². The molecule has 1 aliphatic rings. The summed E-state index contributed by atoms with van der Waals surface area (Å²) in [5.41, 5.74) is 0.980. The first-order valence-electron chi connectivity index (χ1n) is 3.36. The average molecular weight is 220 g/mol. The first-order valence-corrected chi connectivity index (χ1v) is 3.36. The molecule has 1 heterocycles. The van der Waals surface area contributed by atoms with Crippen LogP contribution in [0, 0.1) is 0 Å². The van der Waals surface area contributed by atoms with Gasteiger partial charge in [-0.1, -0.05) is 30.4 Å². The largest absolute Gasteiger partial charge is 1.00 e. The molecule has 2 rings (SSSR count). The van der Waals surface area contributed by atoms with Crippen LogP contribution in [0.15, 0.2) is 24.3 Å². The third-order valence-electron chi connectivity index (χ3n) is 1.50. The summed E-state index contributed by atoms with van der Waals surface area (Å²) in [6.07, 6.45) is 0. The number of nitrogens with zero attached hydrogens (tertiary/aromatic N) is 1. The fourth-order valence-corrected chi connectivity index (χ4v) is 1.03. The van der Waals surface area contributed by atoms with Gasteiger partial charge in [-0.05, 0) is 6.07 Å². The van der Waals surface area contributed by atoms with E-state index in [0.29, 0.717) is 0 Å². The van der Waals surface area contributed by atoms with Crippen molar-refractivity contribution in [2.75, 3.05) is 13.2 Å². The van der Waals surface area contributed by atoms with Crippen molar-refractivity contribution in [2.24, 2.45) is 0 Å². The smallest absolute Gasteiger partial charge is 0.679 e. The molecule has 0 saturated heterocycles. The number of benzene rings is 1. The summed E-state index contributed by atoms with van der Waals surface area (Å²) in [6, 6.07) is 7.84. The first-order chi connectivity index (χ1) is 4.97. The van der Waals surface area contributed by atoms with Crippen molar-refractivity contribution in [3.8, 4) is 5.75 Å². The second-order valence-electron chi connectivity index (χ2n) is 2.20. The van der Waals surface area contributed by atoms with Crippen LogP contribution in [0.2, 0.25) is 0 Å². The number of hydrogen-bond acceptors (Lipinski definition) is 1. The summed E-state index contributed by atoms with van der Waals surface area (Å²) >= 11 is 0. The van der Waals surface area contributed by atoms with Gasteiger partial charge < -0.3 is 10.1 Å². The topological polar surface area (TPSA) is 23.3 Å². The second-order valence-corrected chi connectivity index (χ2v) is 2.20. The van der Waals surface area contributed by atoms with Crippen molar-refractivity contribution in [1.29, 1.82) is 0 Å². The zero-order valence-corrected chi connectivity index (χ0v) is 11.5. The van der Waals surface area contributed by atoms with Crippen LogP contribution in [0.25, 0.3) is 5.32 Å². The summed E-state index contributed by atoms with van der Waals surface area (Å²) in [4.78, 5) is 0. The van der Waals surface area contributed by atoms with Gasteiger partial charge in [0, 0.05) is 0 Å². The molecule has 2 nitrogen and oxygen atoms in total. The monoisotopic (exact) mass is 219 g/mol. The molecule has 0 spiro atoms. The van der Waals surface area contributed by atoms with Crippen molar-refractivity contribution < 1.29 is 62.9 Å². The van der Waals surface area contributed by atoms with Crippen LogP contribution in [0.4, 0.5) is 5.69 Å². The van der Waals surface area contributed by atoms with E-state index in [1.54, 1.807) is 0 Å². The van der Waals surface area contributed by atoms with E-state index in [9.17, 15) is 0 Å². The zero-order valence-electron chi connectivity index (χ0n) is 6.58. The first kappa shape index (κ1) is 9.71. The van der Waals surface area contributed by atoms with Crippen molar-refractivity contribution in [2.45, 2.75) is 0 Å². The predicted octanol–water partition coefficient (Wildman–Crippen LogP) is -0.912. The normalized spacial score (nSPS) is 13.5. The Morgan fingerprint density at radius 1 is 1.27 bits per heavy atom. The Morgan fingerprint density at radius 2 is 2.09 bits per heavy atom. The molecule has 0 fully saturated rings. The van der Waals surface area contributed by atoms with Crippen molar-refractivity contribution in [1.82, 2.24) is 0 Å². The van der Waals surface area contributed by atoms with E-state index in [2.05, 4.69) is 5.32 Å². The molecule has 0 aliphatic carbocycles. The number of para-hydroxylation sites is 2. The molecular formula is C8H8NORb. The van der Waals surface area contributed by atoms with Gasteiger partial charge in [0.05, 0.1) is 6.61 Å². The minimum atomic E-state index is 0. The third kappa shape index (κ3) is 2.28. The Kier molecular flexibility index (Phi) is 4.06.